The minimum atomic E-state index is 0.161. The monoisotopic (exact) mass is 274 g/mol. The normalized spacial score (nSPS) is 18.1. The van der Waals surface area contributed by atoms with E-state index in [9.17, 15) is 4.79 Å². The summed E-state index contributed by atoms with van der Waals surface area (Å²) < 4.78 is 0. The third-order valence-corrected chi connectivity index (χ3v) is 5.05. The molecule has 2 N–H and O–H groups in total. The Morgan fingerprint density at radius 2 is 1.70 bits per heavy atom. The number of carbonyl (C=O) groups is 1. The van der Waals surface area contributed by atoms with Crippen LogP contribution >= 0.6 is 0 Å². The highest BCUT2D eigenvalue weighted by atomic mass is 16.2. The van der Waals surface area contributed by atoms with Crippen molar-refractivity contribution in [3.63, 3.8) is 0 Å². The summed E-state index contributed by atoms with van der Waals surface area (Å²) in [4.78, 5) is 14.5. The third kappa shape index (κ3) is 3.04. The summed E-state index contributed by atoms with van der Waals surface area (Å²) in [6.07, 6.45) is 4.70. The highest BCUT2D eigenvalue weighted by Gasteiger charge is 2.32. The number of carbonyl (C=O) groups excluding carboxylic acids is 1. The standard InChI is InChI=1S/C17H26N2O/c1-3-17(4-2)9-11-19(12-10-17)16(20)15-7-5-14(13-18)6-8-15/h5-8H,3-4,9-13,18H2,1-2H3. The first-order chi connectivity index (χ1) is 9.64. The molecule has 1 aromatic carbocycles. The van der Waals surface area contributed by atoms with Gasteiger partial charge in [0.15, 0.2) is 0 Å². The van der Waals surface area contributed by atoms with Crippen molar-refractivity contribution in [2.75, 3.05) is 13.1 Å². The number of likely N-dealkylation sites (tertiary alicyclic amines) is 1. The molecule has 1 aromatic rings. The van der Waals surface area contributed by atoms with Crippen LogP contribution in [0.3, 0.4) is 0 Å². The first kappa shape index (κ1) is 15.0. The minimum absolute atomic E-state index is 0.161. The molecule has 3 heteroatoms. The van der Waals surface area contributed by atoms with Crippen LogP contribution in [0.4, 0.5) is 0 Å². The molecular formula is C17H26N2O. The number of benzene rings is 1. The van der Waals surface area contributed by atoms with E-state index in [4.69, 9.17) is 5.73 Å². The van der Waals surface area contributed by atoms with E-state index in [0.717, 1.165) is 37.1 Å². The van der Waals surface area contributed by atoms with Gasteiger partial charge >= 0.3 is 0 Å². The molecule has 1 fully saturated rings. The summed E-state index contributed by atoms with van der Waals surface area (Å²) >= 11 is 0. The van der Waals surface area contributed by atoms with Crippen LogP contribution in [0, 0.1) is 5.41 Å². The van der Waals surface area contributed by atoms with Gasteiger partial charge in [0.2, 0.25) is 0 Å². The number of amides is 1. The van der Waals surface area contributed by atoms with Crippen molar-refractivity contribution in [1.82, 2.24) is 4.90 Å². The average Bonchev–Trinajstić information content (AvgIpc) is 2.54. The summed E-state index contributed by atoms with van der Waals surface area (Å²) in [5, 5.41) is 0. The van der Waals surface area contributed by atoms with Crippen molar-refractivity contribution < 1.29 is 4.79 Å². The number of nitrogens with zero attached hydrogens (tertiary/aromatic N) is 1. The number of nitrogens with two attached hydrogens (primary N) is 1. The molecule has 3 nitrogen and oxygen atoms in total. The molecular weight excluding hydrogens is 248 g/mol. The molecule has 1 aliphatic rings. The van der Waals surface area contributed by atoms with Crippen LogP contribution in [0.5, 0.6) is 0 Å². The van der Waals surface area contributed by atoms with Gasteiger partial charge in [-0.05, 0) is 36.0 Å². The Morgan fingerprint density at radius 1 is 1.15 bits per heavy atom. The molecule has 0 radical (unpaired) electrons. The van der Waals surface area contributed by atoms with Crippen LogP contribution in [0.25, 0.3) is 0 Å². The molecule has 0 spiro atoms. The zero-order chi connectivity index (χ0) is 14.6. The lowest BCUT2D eigenvalue weighted by Gasteiger charge is -2.41. The van der Waals surface area contributed by atoms with Gasteiger partial charge in [-0.3, -0.25) is 4.79 Å². The third-order valence-electron chi connectivity index (χ3n) is 5.05. The molecule has 0 bridgehead atoms. The molecule has 2 rings (SSSR count). The second-order valence-electron chi connectivity index (χ2n) is 5.90. The van der Waals surface area contributed by atoms with Gasteiger partial charge in [-0.1, -0.05) is 38.8 Å². The maximum Gasteiger partial charge on any atom is 0.253 e. The largest absolute Gasteiger partial charge is 0.339 e. The molecule has 1 aliphatic heterocycles. The second-order valence-corrected chi connectivity index (χ2v) is 5.90. The Bertz CT molecular complexity index is 439. The molecule has 20 heavy (non-hydrogen) atoms. The topological polar surface area (TPSA) is 46.3 Å². The Morgan fingerprint density at radius 3 is 2.15 bits per heavy atom. The van der Waals surface area contributed by atoms with Crippen LogP contribution in [-0.4, -0.2) is 23.9 Å². The minimum Gasteiger partial charge on any atom is -0.339 e. The fourth-order valence-corrected chi connectivity index (χ4v) is 3.11. The molecule has 0 aromatic heterocycles. The lowest BCUT2D eigenvalue weighted by Crippen LogP contribution is -2.42. The fourth-order valence-electron chi connectivity index (χ4n) is 3.11. The number of hydrogen-bond acceptors (Lipinski definition) is 2. The lowest BCUT2D eigenvalue weighted by molar-refractivity contribution is 0.0558. The van der Waals surface area contributed by atoms with E-state index in [-0.39, 0.29) is 5.91 Å². The summed E-state index contributed by atoms with van der Waals surface area (Å²) in [6.45, 7) is 6.84. The first-order valence-electron chi connectivity index (χ1n) is 7.72. The van der Waals surface area contributed by atoms with Gasteiger partial charge in [-0.2, -0.15) is 0 Å². The molecule has 1 amide bonds. The summed E-state index contributed by atoms with van der Waals surface area (Å²) in [7, 11) is 0. The van der Waals surface area contributed by atoms with Gasteiger partial charge in [0, 0.05) is 25.2 Å². The summed E-state index contributed by atoms with van der Waals surface area (Å²) in [6, 6.07) is 7.68. The van der Waals surface area contributed by atoms with Gasteiger partial charge in [0.25, 0.3) is 5.91 Å². The van der Waals surface area contributed by atoms with Crippen molar-refractivity contribution in [1.29, 1.82) is 0 Å². The Labute approximate surface area is 122 Å². The number of rotatable bonds is 4. The van der Waals surface area contributed by atoms with Crippen molar-refractivity contribution in [3.8, 4) is 0 Å². The zero-order valence-electron chi connectivity index (χ0n) is 12.7. The molecule has 0 saturated carbocycles. The quantitative estimate of drug-likeness (QED) is 0.916. The molecule has 0 atom stereocenters. The van der Waals surface area contributed by atoms with Gasteiger partial charge in [-0.25, -0.2) is 0 Å². The maximum absolute atomic E-state index is 12.5. The Balaban J connectivity index is 2.00. The van der Waals surface area contributed by atoms with Crippen LogP contribution in [0.15, 0.2) is 24.3 Å². The SMILES string of the molecule is CCC1(CC)CCN(C(=O)c2ccc(CN)cc2)CC1. The fraction of sp³-hybridized carbons (Fsp3) is 0.588. The zero-order valence-corrected chi connectivity index (χ0v) is 12.7. The smallest absolute Gasteiger partial charge is 0.253 e. The highest BCUT2D eigenvalue weighted by molar-refractivity contribution is 5.94. The van der Waals surface area contributed by atoms with E-state index in [1.807, 2.05) is 29.2 Å². The Hall–Kier alpha value is -1.35. The van der Waals surface area contributed by atoms with Gasteiger partial charge < -0.3 is 10.6 Å². The predicted octanol–water partition coefficient (Wildman–Crippen LogP) is 3.19. The summed E-state index contributed by atoms with van der Waals surface area (Å²) in [5.74, 6) is 0.161. The van der Waals surface area contributed by atoms with E-state index >= 15 is 0 Å². The van der Waals surface area contributed by atoms with E-state index in [1.165, 1.54) is 12.8 Å². The number of hydrogen-bond donors (Lipinski definition) is 1. The molecule has 110 valence electrons. The number of piperidine rings is 1. The van der Waals surface area contributed by atoms with Crippen LogP contribution < -0.4 is 5.73 Å². The molecule has 1 heterocycles. The average molecular weight is 274 g/mol. The molecule has 0 aliphatic carbocycles. The second kappa shape index (κ2) is 6.40. The van der Waals surface area contributed by atoms with Crippen molar-refractivity contribution in [3.05, 3.63) is 35.4 Å². The highest BCUT2D eigenvalue weighted by Crippen LogP contribution is 2.38. The van der Waals surface area contributed by atoms with Crippen LogP contribution in [0.2, 0.25) is 0 Å². The predicted molar refractivity (Wildman–Crippen MR) is 82.5 cm³/mol. The van der Waals surface area contributed by atoms with Crippen LogP contribution in [0.1, 0.15) is 55.5 Å². The maximum atomic E-state index is 12.5. The van der Waals surface area contributed by atoms with E-state index in [0.29, 0.717) is 12.0 Å². The summed E-state index contributed by atoms with van der Waals surface area (Å²) in [5.41, 5.74) is 7.89. The molecule has 0 unspecified atom stereocenters. The molecule has 1 saturated heterocycles. The Kier molecular flexibility index (Phi) is 4.81. The lowest BCUT2D eigenvalue weighted by atomic mass is 9.74. The van der Waals surface area contributed by atoms with Gasteiger partial charge in [-0.15, -0.1) is 0 Å². The van der Waals surface area contributed by atoms with E-state index in [2.05, 4.69) is 13.8 Å². The van der Waals surface area contributed by atoms with Gasteiger partial charge in [0.05, 0.1) is 0 Å². The van der Waals surface area contributed by atoms with E-state index in [1.54, 1.807) is 0 Å². The van der Waals surface area contributed by atoms with Gasteiger partial charge in [0.1, 0.15) is 0 Å². The van der Waals surface area contributed by atoms with Crippen molar-refractivity contribution in [2.24, 2.45) is 11.1 Å². The van der Waals surface area contributed by atoms with E-state index < -0.39 is 0 Å². The first-order valence-corrected chi connectivity index (χ1v) is 7.72. The van der Waals surface area contributed by atoms with Crippen LogP contribution in [-0.2, 0) is 6.54 Å². The van der Waals surface area contributed by atoms with Crippen molar-refractivity contribution in [2.45, 2.75) is 46.1 Å². The van der Waals surface area contributed by atoms with Crippen molar-refractivity contribution >= 4 is 5.91 Å².